The first-order chi connectivity index (χ1) is 9.81. The molecule has 0 radical (unpaired) electrons. The van der Waals surface area contributed by atoms with Crippen molar-refractivity contribution >= 4 is 5.69 Å². The number of furan rings is 1. The molecule has 0 aliphatic heterocycles. The molecule has 0 atom stereocenters. The quantitative estimate of drug-likeness (QED) is 0.751. The molecule has 0 bridgehead atoms. The molecule has 1 heterocycles. The van der Waals surface area contributed by atoms with E-state index in [1.807, 2.05) is 6.07 Å². The molecule has 2 rings (SSSR count). The van der Waals surface area contributed by atoms with E-state index in [2.05, 4.69) is 41.5 Å². The van der Waals surface area contributed by atoms with Gasteiger partial charge in [-0.25, -0.2) is 0 Å². The molecule has 4 heteroatoms. The van der Waals surface area contributed by atoms with Crippen LogP contribution in [-0.2, 0) is 17.8 Å². The van der Waals surface area contributed by atoms with Gasteiger partial charge in [-0.15, -0.1) is 0 Å². The van der Waals surface area contributed by atoms with Gasteiger partial charge in [0.25, 0.3) is 0 Å². The van der Waals surface area contributed by atoms with Crippen molar-refractivity contribution in [1.82, 2.24) is 5.32 Å². The Bertz CT molecular complexity index is 497. The van der Waals surface area contributed by atoms with Gasteiger partial charge >= 0.3 is 0 Å². The molecule has 0 unspecified atom stereocenters. The highest BCUT2D eigenvalue weighted by Crippen LogP contribution is 2.21. The monoisotopic (exact) mass is 274 g/mol. The van der Waals surface area contributed by atoms with E-state index in [-0.39, 0.29) is 0 Å². The Labute approximate surface area is 120 Å². The van der Waals surface area contributed by atoms with Crippen molar-refractivity contribution in [3.63, 3.8) is 0 Å². The molecule has 1 aromatic heterocycles. The molecule has 0 saturated heterocycles. The number of hydrogen-bond acceptors (Lipinski definition) is 4. The predicted octanol–water partition coefficient (Wildman–Crippen LogP) is 2.65. The number of benzene rings is 1. The molecule has 2 aromatic rings. The van der Waals surface area contributed by atoms with Crippen LogP contribution in [0.4, 0.5) is 5.69 Å². The molecule has 0 saturated carbocycles. The molecule has 0 aliphatic carbocycles. The molecule has 4 nitrogen and oxygen atoms in total. The minimum atomic E-state index is 0.729. The summed E-state index contributed by atoms with van der Waals surface area (Å²) in [7, 11) is 3.81. The highest BCUT2D eigenvalue weighted by molar-refractivity contribution is 5.53. The van der Waals surface area contributed by atoms with Gasteiger partial charge in [0.05, 0.1) is 19.1 Å². The van der Waals surface area contributed by atoms with E-state index in [4.69, 9.17) is 9.15 Å². The van der Waals surface area contributed by atoms with Gasteiger partial charge in [0.2, 0.25) is 0 Å². The third kappa shape index (κ3) is 4.11. The molecule has 0 spiro atoms. The molecule has 1 aromatic carbocycles. The van der Waals surface area contributed by atoms with Crippen LogP contribution in [0.3, 0.4) is 0 Å². The number of nitrogens with zero attached hydrogens (tertiary/aromatic N) is 1. The van der Waals surface area contributed by atoms with Crippen LogP contribution in [0, 0.1) is 0 Å². The van der Waals surface area contributed by atoms with Gasteiger partial charge in [0, 0.05) is 45.0 Å². The lowest BCUT2D eigenvalue weighted by atomic mass is 10.1. The van der Waals surface area contributed by atoms with Crippen molar-refractivity contribution in [3.05, 3.63) is 54.0 Å². The van der Waals surface area contributed by atoms with E-state index in [0.29, 0.717) is 0 Å². The minimum absolute atomic E-state index is 0.729. The largest absolute Gasteiger partial charge is 0.472 e. The maximum atomic E-state index is 5.12. The summed E-state index contributed by atoms with van der Waals surface area (Å²) >= 11 is 0. The van der Waals surface area contributed by atoms with Crippen LogP contribution >= 0.6 is 0 Å². The fourth-order valence-electron chi connectivity index (χ4n) is 2.17. The Morgan fingerprint density at radius 3 is 2.85 bits per heavy atom. The molecule has 0 aliphatic rings. The third-order valence-corrected chi connectivity index (χ3v) is 3.20. The predicted molar refractivity (Wildman–Crippen MR) is 80.8 cm³/mol. The summed E-state index contributed by atoms with van der Waals surface area (Å²) in [6.07, 6.45) is 3.50. The van der Waals surface area contributed by atoms with Gasteiger partial charge in [-0.2, -0.15) is 0 Å². The Kier molecular flexibility index (Phi) is 5.65. The van der Waals surface area contributed by atoms with Gasteiger partial charge in [-0.05, 0) is 17.7 Å². The Balaban J connectivity index is 1.99. The molecule has 108 valence electrons. The second-order valence-electron chi connectivity index (χ2n) is 4.79. The van der Waals surface area contributed by atoms with E-state index in [0.717, 1.165) is 26.2 Å². The Hall–Kier alpha value is -1.78. The topological polar surface area (TPSA) is 37.6 Å². The zero-order valence-corrected chi connectivity index (χ0v) is 12.1. The van der Waals surface area contributed by atoms with Crippen LogP contribution in [0.25, 0.3) is 0 Å². The Morgan fingerprint density at radius 2 is 2.10 bits per heavy atom. The zero-order valence-electron chi connectivity index (χ0n) is 12.1. The van der Waals surface area contributed by atoms with E-state index in [1.54, 1.807) is 19.6 Å². The summed E-state index contributed by atoms with van der Waals surface area (Å²) in [5.41, 5.74) is 3.70. The number of rotatable bonds is 8. The van der Waals surface area contributed by atoms with Crippen LogP contribution < -0.4 is 10.2 Å². The molecule has 0 fully saturated rings. The molecular formula is C16H22N2O2. The zero-order chi connectivity index (χ0) is 14.2. The van der Waals surface area contributed by atoms with Crippen molar-refractivity contribution in [1.29, 1.82) is 0 Å². The first kappa shape index (κ1) is 14.6. The summed E-state index contributed by atoms with van der Waals surface area (Å²) in [5.74, 6) is 0. The van der Waals surface area contributed by atoms with Gasteiger partial charge in [0.15, 0.2) is 0 Å². The van der Waals surface area contributed by atoms with Gasteiger partial charge < -0.3 is 19.4 Å². The van der Waals surface area contributed by atoms with E-state index < -0.39 is 0 Å². The average molecular weight is 274 g/mol. The van der Waals surface area contributed by atoms with Crippen LogP contribution in [0.2, 0.25) is 0 Å². The Morgan fingerprint density at radius 1 is 1.25 bits per heavy atom. The number of ether oxygens (including phenoxy) is 1. The number of nitrogens with one attached hydrogen (secondary N) is 1. The van der Waals surface area contributed by atoms with E-state index in [9.17, 15) is 0 Å². The first-order valence-electron chi connectivity index (χ1n) is 6.81. The van der Waals surface area contributed by atoms with Gasteiger partial charge in [-0.3, -0.25) is 0 Å². The SMILES string of the molecule is COCCNCc1ccccc1N(C)Cc1ccoc1. The van der Waals surface area contributed by atoms with Crippen LogP contribution in [0.5, 0.6) is 0 Å². The number of methoxy groups -OCH3 is 1. The van der Waals surface area contributed by atoms with E-state index in [1.165, 1.54) is 16.8 Å². The second kappa shape index (κ2) is 7.72. The maximum absolute atomic E-state index is 5.12. The lowest BCUT2D eigenvalue weighted by molar-refractivity contribution is 0.199. The van der Waals surface area contributed by atoms with Crippen LogP contribution in [-0.4, -0.2) is 27.3 Å². The van der Waals surface area contributed by atoms with Crippen LogP contribution in [0.1, 0.15) is 11.1 Å². The second-order valence-corrected chi connectivity index (χ2v) is 4.79. The van der Waals surface area contributed by atoms with Crippen molar-refractivity contribution < 1.29 is 9.15 Å². The first-order valence-corrected chi connectivity index (χ1v) is 6.81. The third-order valence-electron chi connectivity index (χ3n) is 3.20. The molecular weight excluding hydrogens is 252 g/mol. The number of anilines is 1. The minimum Gasteiger partial charge on any atom is -0.472 e. The maximum Gasteiger partial charge on any atom is 0.0952 e. The lowest BCUT2D eigenvalue weighted by Crippen LogP contribution is -2.22. The molecule has 1 N–H and O–H groups in total. The summed E-state index contributed by atoms with van der Waals surface area (Å²) in [4.78, 5) is 2.23. The summed E-state index contributed by atoms with van der Waals surface area (Å²) in [6.45, 7) is 3.27. The lowest BCUT2D eigenvalue weighted by Gasteiger charge is -2.22. The summed E-state index contributed by atoms with van der Waals surface area (Å²) in [5, 5.41) is 3.39. The summed E-state index contributed by atoms with van der Waals surface area (Å²) in [6, 6.07) is 10.4. The van der Waals surface area contributed by atoms with Crippen molar-refractivity contribution in [2.45, 2.75) is 13.1 Å². The van der Waals surface area contributed by atoms with E-state index >= 15 is 0 Å². The standard InChI is InChI=1S/C16H22N2O2/c1-18(12-14-7-9-20-13-14)16-6-4-3-5-15(16)11-17-8-10-19-2/h3-7,9,13,17H,8,10-12H2,1-2H3. The van der Waals surface area contributed by atoms with Crippen molar-refractivity contribution in [2.24, 2.45) is 0 Å². The normalized spacial score (nSPS) is 10.7. The molecule has 20 heavy (non-hydrogen) atoms. The molecule has 0 amide bonds. The fourth-order valence-corrected chi connectivity index (χ4v) is 2.17. The smallest absolute Gasteiger partial charge is 0.0952 e. The van der Waals surface area contributed by atoms with Crippen LogP contribution in [0.15, 0.2) is 47.3 Å². The van der Waals surface area contributed by atoms with Gasteiger partial charge in [0.1, 0.15) is 0 Å². The van der Waals surface area contributed by atoms with Crippen molar-refractivity contribution in [3.8, 4) is 0 Å². The van der Waals surface area contributed by atoms with Crippen molar-refractivity contribution in [2.75, 3.05) is 32.2 Å². The number of hydrogen-bond donors (Lipinski definition) is 1. The number of para-hydroxylation sites is 1. The van der Waals surface area contributed by atoms with Gasteiger partial charge in [-0.1, -0.05) is 18.2 Å². The highest BCUT2D eigenvalue weighted by Gasteiger charge is 2.07. The fraction of sp³-hybridized carbons (Fsp3) is 0.375. The summed E-state index contributed by atoms with van der Waals surface area (Å²) < 4.78 is 10.2. The highest BCUT2D eigenvalue weighted by atomic mass is 16.5. The average Bonchev–Trinajstić information content (AvgIpc) is 2.97.